The van der Waals surface area contributed by atoms with Gasteiger partial charge in [-0.1, -0.05) is 0 Å². The average molecular weight is 269 g/mol. The Morgan fingerprint density at radius 1 is 1.11 bits per heavy atom. The topological polar surface area (TPSA) is 55.4 Å². The molecule has 1 aliphatic rings. The molecule has 0 spiro atoms. The average Bonchev–Trinajstić information content (AvgIpc) is 2.25. The van der Waals surface area contributed by atoms with Crippen LogP contribution < -0.4 is 5.32 Å². The summed E-state index contributed by atoms with van der Waals surface area (Å²) in [4.78, 5) is 22.6. The Hall–Kier alpha value is -1.06. The van der Waals surface area contributed by atoms with Gasteiger partial charge in [0.05, 0.1) is 0 Å². The van der Waals surface area contributed by atoms with Gasteiger partial charge in [0.1, 0.15) is 11.4 Å². The highest BCUT2D eigenvalue weighted by Crippen LogP contribution is 2.30. The fourth-order valence-electron chi connectivity index (χ4n) is 2.59. The molecule has 0 bridgehead atoms. The van der Waals surface area contributed by atoms with Gasteiger partial charge in [-0.25, -0.2) is 4.79 Å². The lowest BCUT2D eigenvalue weighted by molar-refractivity contribution is -0.118. The van der Waals surface area contributed by atoms with Crippen LogP contribution in [0.5, 0.6) is 0 Å². The molecule has 0 aliphatic heterocycles. The van der Waals surface area contributed by atoms with E-state index >= 15 is 0 Å². The number of ether oxygens (including phenoxy) is 1. The molecule has 110 valence electrons. The number of rotatable bonds is 4. The third kappa shape index (κ3) is 7.19. The molecule has 4 nitrogen and oxygen atoms in total. The van der Waals surface area contributed by atoms with E-state index in [-0.39, 0.29) is 11.9 Å². The maximum Gasteiger partial charge on any atom is 0.407 e. The number of carbonyl (C=O) groups excluding carboxylic acids is 2. The van der Waals surface area contributed by atoms with Crippen LogP contribution in [0, 0.1) is 11.8 Å². The Labute approximate surface area is 116 Å². The van der Waals surface area contributed by atoms with Crippen LogP contribution in [0.1, 0.15) is 59.8 Å². The minimum Gasteiger partial charge on any atom is -0.444 e. The van der Waals surface area contributed by atoms with E-state index in [1.165, 1.54) is 0 Å². The molecule has 1 rings (SSSR count). The third-order valence-corrected chi connectivity index (χ3v) is 3.48. The fraction of sp³-hybridized carbons (Fsp3) is 0.867. The van der Waals surface area contributed by atoms with Gasteiger partial charge in [0.15, 0.2) is 0 Å². The predicted molar refractivity (Wildman–Crippen MR) is 75.0 cm³/mol. The molecule has 1 N–H and O–H groups in total. The van der Waals surface area contributed by atoms with Crippen LogP contribution in [0.15, 0.2) is 0 Å². The Bertz CT molecular complexity index is 312. The lowest BCUT2D eigenvalue weighted by atomic mass is 9.80. The van der Waals surface area contributed by atoms with Gasteiger partial charge in [-0.3, -0.25) is 0 Å². The summed E-state index contributed by atoms with van der Waals surface area (Å²) < 4.78 is 5.21. The summed E-state index contributed by atoms with van der Waals surface area (Å²) in [7, 11) is 0. The van der Waals surface area contributed by atoms with Crippen molar-refractivity contribution < 1.29 is 14.3 Å². The van der Waals surface area contributed by atoms with Crippen molar-refractivity contribution in [2.24, 2.45) is 11.8 Å². The largest absolute Gasteiger partial charge is 0.444 e. The molecule has 1 saturated carbocycles. The Kier molecular flexibility index (Phi) is 5.83. The van der Waals surface area contributed by atoms with Gasteiger partial charge in [0.25, 0.3) is 0 Å². The quantitative estimate of drug-likeness (QED) is 0.852. The van der Waals surface area contributed by atoms with E-state index in [0.29, 0.717) is 24.8 Å². The van der Waals surface area contributed by atoms with Crippen molar-refractivity contribution in [2.75, 3.05) is 6.54 Å². The second-order valence-electron chi connectivity index (χ2n) is 6.68. The van der Waals surface area contributed by atoms with Crippen molar-refractivity contribution in [3.05, 3.63) is 0 Å². The zero-order chi connectivity index (χ0) is 14.5. The van der Waals surface area contributed by atoms with Gasteiger partial charge in [-0.15, -0.1) is 0 Å². The highest BCUT2D eigenvalue weighted by Gasteiger charge is 2.23. The maximum absolute atomic E-state index is 11.5. The molecule has 0 atom stereocenters. The number of amides is 1. The van der Waals surface area contributed by atoms with Gasteiger partial charge in [-0.05, 0) is 65.2 Å². The van der Waals surface area contributed by atoms with Gasteiger partial charge in [-0.2, -0.15) is 0 Å². The highest BCUT2D eigenvalue weighted by molar-refractivity contribution is 5.75. The molecule has 1 fully saturated rings. The van der Waals surface area contributed by atoms with Crippen molar-refractivity contribution in [1.82, 2.24) is 5.32 Å². The van der Waals surface area contributed by atoms with E-state index in [2.05, 4.69) is 5.32 Å². The van der Waals surface area contributed by atoms with Gasteiger partial charge >= 0.3 is 6.09 Å². The molecule has 1 amide bonds. The zero-order valence-corrected chi connectivity index (χ0v) is 12.6. The summed E-state index contributed by atoms with van der Waals surface area (Å²) in [6, 6.07) is 0. The molecular formula is C15H27NO3. The van der Waals surface area contributed by atoms with Crippen molar-refractivity contribution in [3.8, 4) is 0 Å². The lowest BCUT2D eigenvalue weighted by Gasteiger charge is -2.28. The van der Waals surface area contributed by atoms with Crippen molar-refractivity contribution in [3.63, 3.8) is 0 Å². The number of hydrogen-bond donors (Lipinski definition) is 1. The van der Waals surface area contributed by atoms with Gasteiger partial charge in [0.2, 0.25) is 0 Å². The van der Waals surface area contributed by atoms with Crippen molar-refractivity contribution in [1.29, 1.82) is 0 Å². The Morgan fingerprint density at radius 3 is 2.11 bits per heavy atom. The van der Waals surface area contributed by atoms with Crippen LogP contribution in [0.2, 0.25) is 0 Å². The van der Waals surface area contributed by atoms with Crippen molar-refractivity contribution in [2.45, 2.75) is 65.4 Å². The number of ketones is 1. The summed E-state index contributed by atoms with van der Waals surface area (Å²) >= 11 is 0. The normalized spacial score (nSPS) is 23.8. The predicted octanol–water partition coefficient (Wildman–Crippen LogP) is 3.30. The SMILES string of the molecule is CC(=O)CC1CCC(CNC(=O)OC(C)(C)C)CC1. The summed E-state index contributed by atoms with van der Waals surface area (Å²) in [5.41, 5.74) is -0.441. The third-order valence-electron chi connectivity index (χ3n) is 3.48. The van der Waals surface area contributed by atoms with Crippen LogP contribution in [0.3, 0.4) is 0 Å². The smallest absolute Gasteiger partial charge is 0.407 e. The van der Waals surface area contributed by atoms with Gasteiger partial charge in [0, 0.05) is 13.0 Å². The van der Waals surface area contributed by atoms with E-state index in [4.69, 9.17) is 4.74 Å². The number of nitrogens with one attached hydrogen (secondary N) is 1. The van der Waals surface area contributed by atoms with Crippen LogP contribution in [0.4, 0.5) is 4.79 Å². The van der Waals surface area contributed by atoms with Crippen LogP contribution in [0.25, 0.3) is 0 Å². The molecule has 19 heavy (non-hydrogen) atoms. The molecule has 0 heterocycles. The summed E-state index contributed by atoms with van der Waals surface area (Å²) in [6.07, 6.45) is 4.76. The first-order valence-electron chi connectivity index (χ1n) is 7.22. The lowest BCUT2D eigenvalue weighted by Crippen LogP contribution is -2.36. The van der Waals surface area contributed by atoms with Crippen LogP contribution in [-0.4, -0.2) is 24.0 Å². The second-order valence-corrected chi connectivity index (χ2v) is 6.68. The number of alkyl carbamates (subject to hydrolysis) is 1. The van der Waals surface area contributed by atoms with Crippen LogP contribution in [-0.2, 0) is 9.53 Å². The molecule has 0 aromatic heterocycles. The molecule has 0 aromatic rings. The maximum atomic E-state index is 11.5. The second kappa shape index (κ2) is 6.92. The first-order valence-corrected chi connectivity index (χ1v) is 7.22. The molecular weight excluding hydrogens is 242 g/mol. The summed E-state index contributed by atoms with van der Waals surface area (Å²) in [5.74, 6) is 1.36. The van der Waals surface area contributed by atoms with E-state index < -0.39 is 5.60 Å². The molecule has 0 saturated heterocycles. The highest BCUT2D eigenvalue weighted by atomic mass is 16.6. The minimum atomic E-state index is -0.441. The summed E-state index contributed by atoms with van der Waals surface area (Å²) in [6.45, 7) is 7.93. The van der Waals surface area contributed by atoms with Crippen LogP contribution >= 0.6 is 0 Å². The zero-order valence-electron chi connectivity index (χ0n) is 12.6. The molecule has 4 heteroatoms. The monoisotopic (exact) mass is 269 g/mol. The number of carbonyl (C=O) groups is 2. The standard InChI is InChI=1S/C15H27NO3/c1-11(17)9-12-5-7-13(8-6-12)10-16-14(18)19-15(2,3)4/h12-13H,5-10H2,1-4H3,(H,16,18). The summed E-state index contributed by atoms with van der Waals surface area (Å²) in [5, 5.41) is 2.84. The van der Waals surface area contributed by atoms with E-state index in [9.17, 15) is 9.59 Å². The van der Waals surface area contributed by atoms with E-state index in [1.807, 2.05) is 20.8 Å². The van der Waals surface area contributed by atoms with E-state index in [0.717, 1.165) is 25.7 Å². The molecule has 0 aromatic carbocycles. The van der Waals surface area contributed by atoms with E-state index in [1.54, 1.807) is 6.92 Å². The number of Topliss-reactive ketones (excluding diaryl/α,β-unsaturated/α-hetero) is 1. The first kappa shape index (κ1) is 16.0. The molecule has 1 aliphatic carbocycles. The van der Waals surface area contributed by atoms with Crippen molar-refractivity contribution >= 4 is 11.9 Å². The fourth-order valence-corrected chi connectivity index (χ4v) is 2.59. The molecule has 0 radical (unpaired) electrons. The molecule has 0 unspecified atom stereocenters. The minimum absolute atomic E-state index is 0.287. The number of hydrogen-bond acceptors (Lipinski definition) is 3. The Morgan fingerprint density at radius 2 is 1.63 bits per heavy atom. The first-order chi connectivity index (χ1) is 8.76. The Balaban J connectivity index is 2.19. The van der Waals surface area contributed by atoms with Gasteiger partial charge < -0.3 is 14.8 Å².